The van der Waals surface area contributed by atoms with E-state index in [4.69, 9.17) is 4.74 Å². The summed E-state index contributed by atoms with van der Waals surface area (Å²) in [6.07, 6.45) is 1.17. The number of carbonyl (C=O) groups excluding carboxylic acids is 1. The number of aromatic nitrogens is 1. The van der Waals surface area contributed by atoms with Crippen LogP contribution in [0.4, 0.5) is 0 Å². The Morgan fingerprint density at radius 2 is 1.35 bits per heavy atom. The second kappa shape index (κ2) is 8.49. The van der Waals surface area contributed by atoms with Gasteiger partial charge in [0, 0.05) is 28.3 Å². The molecule has 4 nitrogen and oxygen atoms in total. The Balaban J connectivity index is 1.63. The third-order valence-corrected chi connectivity index (χ3v) is 6.27. The first-order valence-corrected chi connectivity index (χ1v) is 11.3. The van der Waals surface area contributed by atoms with Crippen LogP contribution in [0.2, 0.25) is 0 Å². The van der Waals surface area contributed by atoms with Crippen molar-refractivity contribution in [2.75, 3.05) is 0 Å². The Kier molecular flexibility index (Phi) is 5.04. The van der Waals surface area contributed by atoms with Crippen LogP contribution >= 0.6 is 0 Å². The SMILES string of the molecule is O=C(c1ccccc1)N1[C@H](c2ccccc2)c2ccc3cccnc3c2O[C@H]1c1ccccc1. The zero-order valence-electron chi connectivity index (χ0n) is 18.4. The number of nitrogens with zero attached hydrogens (tertiary/aromatic N) is 2. The molecule has 0 saturated carbocycles. The van der Waals surface area contributed by atoms with E-state index in [0.29, 0.717) is 5.56 Å². The number of fused-ring (bicyclic) bond motifs is 3. The maximum atomic E-state index is 14.1. The van der Waals surface area contributed by atoms with Gasteiger partial charge in [-0.1, -0.05) is 97.1 Å². The van der Waals surface area contributed by atoms with Gasteiger partial charge in [0.15, 0.2) is 5.75 Å². The third kappa shape index (κ3) is 3.41. The molecule has 1 amide bonds. The number of ether oxygens (including phenoxy) is 1. The van der Waals surface area contributed by atoms with Gasteiger partial charge in [0.25, 0.3) is 5.91 Å². The van der Waals surface area contributed by atoms with Gasteiger partial charge >= 0.3 is 0 Å². The molecule has 0 radical (unpaired) electrons. The molecule has 164 valence electrons. The highest BCUT2D eigenvalue weighted by atomic mass is 16.5. The Morgan fingerprint density at radius 1 is 0.706 bits per heavy atom. The van der Waals surface area contributed by atoms with Crippen LogP contribution in [0.1, 0.15) is 39.3 Å². The lowest BCUT2D eigenvalue weighted by molar-refractivity contribution is -0.00733. The molecule has 0 bridgehead atoms. The molecule has 0 aliphatic carbocycles. The van der Waals surface area contributed by atoms with Crippen LogP contribution in [0.5, 0.6) is 5.75 Å². The fourth-order valence-corrected chi connectivity index (χ4v) is 4.70. The standard InChI is InChI=1S/C30H22N2O2/c33-29(23-13-6-2-7-14-23)32-27(22-11-4-1-5-12-22)25-19-18-21-17-10-20-31-26(21)28(25)34-30(32)24-15-8-3-9-16-24/h1-20,27,30H/t27-,30+/m1/s1. The normalized spacial score (nSPS) is 17.1. The lowest BCUT2D eigenvalue weighted by atomic mass is 9.91. The van der Waals surface area contributed by atoms with Gasteiger partial charge in [0.2, 0.25) is 6.23 Å². The molecule has 1 aromatic heterocycles. The molecule has 0 fully saturated rings. The van der Waals surface area contributed by atoms with Crippen LogP contribution in [0.25, 0.3) is 10.9 Å². The highest BCUT2D eigenvalue weighted by molar-refractivity contribution is 5.96. The fraction of sp³-hybridized carbons (Fsp3) is 0.0667. The largest absolute Gasteiger partial charge is 0.463 e. The van der Waals surface area contributed by atoms with E-state index in [9.17, 15) is 4.79 Å². The summed E-state index contributed by atoms with van der Waals surface area (Å²) in [6, 6.07) is 37.2. The molecule has 2 atom stereocenters. The molecule has 2 heterocycles. The van der Waals surface area contributed by atoms with Gasteiger partial charge in [-0.25, -0.2) is 0 Å². The van der Waals surface area contributed by atoms with Crippen LogP contribution in [0, 0.1) is 0 Å². The van der Waals surface area contributed by atoms with E-state index in [1.165, 1.54) is 0 Å². The second-order valence-corrected chi connectivity index (χ2v) is 8.33. The van der Waals surface area contributed by atoms with Gasteiger partial charge in [-0.2, -0.15) is 0 Å². The Bertz CT molecular complexity index is 1450. The topological polar surface area (TPSA) is 42.4 Å². The molecule has 0 saturated heterocycles. The quantitative estimate of drug-likeness (QED) is 0.318. The third-order valence-electron chi connectivity index (χ3n) is 6.27. The summed E-state index contributed by atoms with van der Waals surface area (Å²) in [4.78, 5) is 20.6. The predicted octanol–water partition coefficient (Wildman–Crippen LogP) is 6.56. The first-order valence-electron chi connectivity index (χ1n) is 11.3. The van der Waals surface area contributed by atoms with Crippen molar-refractivity contribution >= 4 is 16.8 Å². The minimum atomic E-state index is -0.612. The summed E-state index contributed by atoms with van der Waals surface area (Å²) in [5.41, 5.74) is 4.27. The second-order valence-electron chi connectivity index (χ2n) is 8.33. The van der Waals surface area contributed by atoms with Crippen LogP contribution < -0.4 is 4.74 Å². The number of rotatable bonds is 3. The van der Waals surface area contributed by atoms with E-state index in [1.54, 1.807) is 6.20 Å². The summed E-state index contributed by atoms with van der Waals surface area (Å²) in [5.74, 6) is 0.632. The Labute approximate surface area is 198 Å². The van der Waals surface area contributed by atoms with Crippen molar-refractivity contribution in [2.45, 2.75) is 12.3 Å². The van der Waals surface area contributed by atoms with Gasteiger partial charge in [0.05, 0.1) is 6.04 Å². The van der Waals surface area contributed by atoms with Crippen molar-refractivity contribution in [2.24, 2.45) is 0 Å². The summed E-state index contributed by atoms with van der Waals surface area (Å²) in [6.45, 7) is 0. The Morgan fingerprint density at radius 3 is 2.06 bits per heavy atom. The number of benzene rings is 4. The molecule has 1 aliphatic rings. The maximum absolute atomic E-state index is 14.1. The zero-order valence-corrected chi connectivity index (χ0v) is 18.4. The molecule has 0 N–H and O–H groups in total. The van der Waals surface area contributed by atoms with Crippen LogP contribution in [0.15, 0.2) is 121 Å². The molecule has 5 aromatic rings. The number of hydrogen-bond donors (Lipinski definition) is 0. The predicted molar refractivity (Wildman–Crippen MR) is 132 cm³/mol. The average molecular weight is 443 g/mol. The first-order chi connectivity index (χ1) is 16.8. The van der Waals surface area contributed by atoms with E-state index in [1.807, 2.05) is 95.9 Å². The first kappa shape index (κ1) is 20.2. The highest BCUT2D eigenvalue weighted by Gasteiger charge is 2.41. The minimum absolute atomic E-state index is 0.0879. The van der Waals surface area contributed by atoms with Gasteiger partial charge in [-0.15, -0.1) is 0 Å². The van der Waals surface area contributed by atoms with Gasteiger partial charge in [0.1, 0.15) is 5.52 Å². The number of hydrogen-bond acceptors (Lipinski definition) is 3. The number of carbonyl (C=O) groups is 1. The number of pyridine rings is 1. The van der Waals surface area contributed by atoms with Crippen molar-refractivity contribution in [1.29, 1.82) is 0 Å². The van der Waals surface area contributed by atoms with Crippen molar-refractivity contribution in [3.8, 4) is 5.75 Å². The summed E-state index contributed by atoms with van der Waals surface area (Å²) in [5, 5.41) is 1.00. The maximum Gasteiger partial charge on any atom is 0.257 e. The molecular formula is C30H22N2O2. The van der Waals surface area contributed by atoms with E-state index in [0.717, 1.165) is 33.3 Å². The van der Waals surface area contributed by atoms with Crippen LogP contribution in [-0.4, -0.2) is 15.8 Å². The van der Waals surface area contributed by atoms with Gasteiger partial charge in [-0.05, 0) is 23.8 Å². The molecular weight excluding hydrogens is 420 g/mol. The zero-order chi connectivity index (χ0) is 22.9. The number of amides is 1. The molecule has 0 unspecified atom stereocenters. The van der Waals surface area contributed by atoms with Crippen molar-refractivity contribution in [3.63, 3.8) is 0 Å². The summed E-state index contributed by atoms with van der Waals surface area (Å²) < 4.78 is 6.68. The van der Waals surface area contributed by atoms with E-state index in [-0.39, 0.29) is 11.9 Å². The van der Waals surface area contributed by atoms with Gasteiger partial charge < -0.3 is 4.74 Å². The average Bonchev–Trinajstić information content (AvgIpc) is 2.93. The fourth-order valence-electron chi connectivity index (χ4n) is 4.70. The lowest BCUT2D eigenvalue weighted by Gasteiger charge is -2.43. The highest BCUT2D eigenvalue weighted by Crippen LogP contribution is 2.48. The van der Waals surface area contributed by atoms with Crippen LogP contribution in [-0.2, 0) is 0 Å². The molecule has 34 heavy (non-hydrogen) atoms. The van der Waals surface area contributed by atoms with E-state index >= 15 is 0 Å². The molecule has 1 aliphatic heterocycles. The molecule has 6 rings (SSSR count). The Hall–Kier alpha value is -4.44. The molecule has 4 heteroatoms. The lowest BCUT2D eigenvalue weighted by Crippen LogP contribution is -2.44. The van der Waals surface area contributed by atoms with Crippen LogP contribution in [0.3, 0.4) is 0 Å². The van der Waals surface area contributed by atoms with Crippen molar-refractivity contribution < 1.29 is 9.53 Å². The van der Waals surface area contributed by atoms with Crippen molar-refractivity contribution in [1.82, 2.24) is 9.88 Å². The molecule has 4 aromatic carbocycles. The smallest absolute Gasteiger partial charge is 0.257 e. The van der Waals surface area contributed by atoms with E-state index < -0.39 is 6.23 Å². The monoisotopic (exact) mass is 442 g/mol. The summed E-state index contributed by atoms with van der Waals surface area (Å²) >= 11 is 0. The molecule has 0 spiro atoms. The summed E-state index contributed by atoms with van der Waals surface area (Å²) in [7, 11) is 0. The van der Waals surface area contributed by atoms with Gasteiger partial charge in [-0.3, -0.25) is 14.7 Å². The van der Waals surface area contributed by atoms with Crippen molar-refractivity contribution in [3.05, 3.63) is 144 Å². The minimum Gasteiger partial charge on any atom is -0.463 e. The van der Waals surface area contributed by atoms with E-state index in [2.05, 4.69) is 29.2 Å².